The number of fused-ring (bicyclic) bond motifs is 1. The van der Waals surface area contributed by atoms with Crippen LogP contribution < -0.4 is 0 Å². The van der Waals surface area contributed by atoms with E-state index in [4.69, 9.17) is 0 Å². The zero-order valence-corrected chi connectivity index (χ0v) is 8.15. The average molecular weight is 210 g/mol. The average Bonchev–Trinajstić information content (AvgIpc) is 2.29. The van der Waals surface area contributed by atoms with Crippen molar-refractivity contribution >= 4 is 12.4 Å². The van der Waals surface area contributed by atoms with Crippen LogP contribution in [0.2, 0.25) is 0 Å². The standard InChI is InChI=1S/C8H15NO3.ClH/c10-5-2-1-3-9-4-6(11)8(12)7(5)9;/h5-8,10-12H,1-4H2;1H. The fourth-order valence-corrected chi connectivity index (χ4v) is 2.30. The Bertz CT molecular complexity index is 181. The van der Waals surface area contributed by atoms with Gasteiger partial charge in [-0.3, -0.25) is 4.90 Å². The Balaban J connectivity index is 0.000000845. The molecule has 2 saturated heterocycles. The van der Waals surface area contributed by atoms with E-state index in [0.717, 1.165) is 19.4 Å². The molecule has 2 aliphatic heterocycles. The Hall–Kier alpha value is 0.130. The molecule has 2 rings (SSSR count). The third-order valence-electron chi connectivity index (χ3n) is 2.93. The number of piperidine rings is 1. The van der Waals surface area contributed by atoms with Crippen LogP contribution >= 0.6 is 12.4 Å². The summed E-state index contributed by atoms with van der Waals surface area (Å²) >= 11 is 0. The predicted octanol–water partition coefficient (Wildman–Crippen LogP) is -1.03. The number of hydrogen-bond donors (Lipinski definition) is 3. The van der Waals surface area contributed by atoms with Crippen LogP contribution in [-0.4, -0.2) is 57.7 Å². The van der Waals surface area contributed by atoms with Crippen LogP contribution in [-0.2, 0) is 0 Å². The number of rotatable bonds is 0. The molecule has 4 unspecified atom stereocenters. The first-order chi connectivity index (χ1) is 5.70. The molecule has 2 heterocycles. The molecule has 4 nitrogen and oxygen atoms in total. The van der Waals surface area contributed by atoms with Crippen molar-refractivity contribution < 1.29 is 15.3 Å². The highest BCUT2D eigenvalue weighted by Crippen LogP contribution is 2.27. The number of aliphatic hydroxyl groups is 3. The Morgan fingerprint density at radius 1 is 1.08 bits per heavy atom. The van der Waals surface area contributed by atoms with Crippen LogP contribution in [0, 0.1) is 0 Å². The summed E-state index contributed by atoms with van der Waals surface area (Å²) in [4.78, 5) is 1.98. The third-order valence-corrected chi connectivity index (χ3v) is 2.93. The van der Waals surface area contributed by atoms with Gasteiger partial charge in [-0.05, 0) is 19.4 Å². The van der Waals surface area contributed by atoms with Gasteiger partial charge in [-0.25, -0.2) is 0 Å². The molecule has 3 N–H and O–H groups in total. The second-order valence-electron chi connectivity index (χ2n) is 3.75. The third kappa shape index (κ3) is 1.82. The minimum Gasteiger partial charge on any atom is -0.391 e. The Morgan fingerprint density at radius 2 is 1.77 bits per heavy atom. The van der Waals surface area contributed by atoms with Gasteiger partial charge in [-0.1, -0.05) is 0 Å². The molecule has 0 spiro atoms. The van der Waals surface area contributed by atoms with E-state index in [1.807, 2.05) is 4.90 Å². The first-order valence-electron chi connectivity index (χ1n) is 4.48. The molecule has 0 aromatic carbocycles. The van der Waals surface area contributed by atoms with Crippen LogP contribution in [0.3, 0.4) is 0 Å². The number of aliphatic hydroxyl groups excluding tert-OH is 3. The molecule has 0 amide bonds. The lowest BCUT2D eigenvalue weighted by Crippen LogP contribution is -2.48. The molecule has 4 atom stereocenters. The normalized spacial score (nSPS) is 45.5. The first-order valence-corrected chi connectivity index (χ1v) is 4.48. The lowest BCUT2D eigenvalue weighted by molar-refractivity contribution is -0.0282. The van der Waals surface area contributed by atoms with Crippen molar-refractivity contribution in [1.29, 1.82) is 0 Å². The van der Waals surface area contributed by atoms with Crippen molar-refractivity contribution in [3.63, 3.8) is 0 Å². The molecule has 13 heavy (non-hydrogen) atoms. The fraction of sp³-hybridized carbons (Fsp3) is 1.00. The predicted molar refractivity (Wildman–Crippen MR) is 49.9 cm³/mol. The molecular weight excluding hydrogens is 194 g/mol. The van der Waals surface area contributed by atoms with Gasteiger partial charge in [0.25, 0.3) is 0 Å². The summed E-state index contributed by atoms with van der Waals surface area (Å²) in [5.41, 5.74) is 0. The van der Waals surface area contributed by atoms with E-state index in [-0.39, 0.29) is 18.4 Å². The largest absolute Gasteiger partial charge is 0.391 e. The summed E-state index contributed by atoms with van der Waals surface area (Å²) in [7, 11) is 0. The quantitative estimate of drug-likeness (QED) is 0.478. The molecule has 78 valence electrons. The molecule has 0 bridgehead atoms. The molecule has 5 heteroatoms. The summed E-state index contributed by atoms with van der Waals surface area (Å²) in [5.74, 6) is 0. The molecule has 2 aliphatic rings. The maximum Gasteiger partial charge on any atom is 0.0991 e. The van der Waals surface area contributed by atoms with E-state index in [1.165, 1.54) is 0 Å². The maximum absolute atomic E-state index is 9.55. The zero-order valence-electron chi connectivity index (χ0n) is 7.33. The van der Waals surface area contributed by atoms with Gasteiger partial charge in [0.2, 0.25) is 0 Å². The van der Waals surface area contributed by atoms with Crippen molar-refractivity contribution in [3.8, 4) is 0 Å². The van der Waals surface area contributed by atoms with Crippen molar-refractivity contribution in [1.82, 2.24) is 4.90 Å². The second-order valence-corrected chi connectivity index (χ2v) is 3.75. The van der Waals surface area contributed by atoms with Gasteiger partial charge < -0.3 is 15.3 Å². The smallest absolute Gasteiger partial charge is 0.0991 e. The lowest BCUT2D eigenvalue weighted by atomic mass is 9.97. The van der Waals surface area contributed by atoms with Crippen molar-refractivity contribution in [2.24, 2.45) is 0 Å². The van der Waals surface area contributed by atoms with Crippen molar-refractivity contribution in [2.75, 3.05) is 13.1 Å². The maximum atomic E-state index is 9.55. The van der Waals surface area contributed by atoms with Crippen molar-refractivity contribution in [3.05, 3.63) is 0 Å². The minimum atomic E-state index is -0.764. The second kappa shape index (κ2) is 4.11. The van der Waals surface area contributed by atoms with Gasteiger partial charge in [-0.15, -0.1) is 12.4 Å². The zero-order chi connectivity index (χ0) is 8.72. The topological polar surface area (TPSA) is 63.9 Å². The highest BCUT2D eigenvalue weighted by atomic mass is 35.5. The summed E-state index contributed by atoms with van der Waals surface area (Å²) in [6.07, 6.45) is -0.212. The van der Waals surface area contributed by atoms with Gasteiger partial charge in [0.1, 0.15) is 0 Å². The molecular formula is C8H16ClNO3. The monoisotopic (exact) mass is 209 g/mol. The summed E-state index contributed by atoms with van der Waals surface area (Å²) in [6.45, 7) is 1.39. The van der Waals surface area contributed by atoms with Gasteiger partial charge in [0.15, 0.2) is 0 Å². The lowest BCUT2D eigenvalue weighted by Gasteiger charge is -2.34. The van der Waals surface area contributed by atoms with Crippen LogP contribution in [0.1, 0.15) is 12.8 Å². The van der Waals surface area contributed by atoms with Crippen LogP contribution in [0.15, 0.2) is 0 Å². The van der Waals surface area contributed by atoms with Crippen molar-refractivity contribution in [2.45, 2.75) is 37.2 Å². The number of halogens is 1. The molecule has 0 aromatic heterocycles. The van der Waals surface area contributed by atoms with Crippen LogP contribution in [0.5, 0.6) is 0 Å². The SMILES string of the molecule is Cl.OC1CN2CCCC(O)C2C1O. The van der Waals surface area contributed by atoms with E-state index >= 15 is 0 Å². The highest BCUT2D eigenvalue weighted by molar-refractivity contribution is 5.85. The number of nitrogens with zero attached hydrogens (tertiary/aromatic N) is 1. The Morgan fingerprint density at radius 3 is 2.38 bits per heavy atom. The molecule has 0 aromatic rings. The Labute approximate surface area is 83.6 Å². The fourth-order valence-electron chi connectivity index (χ4n) is 2.30. The van der Waals surface area contributed by atoms with E-state index in [9.17, 15) is 15.3 Å². The summed E-state index contributed by atoms with van der Waals surface area (Å²) in [5, 5.41) is 28.4. The van der Waals surface area contributed by atoms with Gasteiger partial charge in [0, 0.05) is 6.54 Å². The molecule has 2 fully saturated rings. The van der Waals surface area contributed by atoms with Gasteiger partial charge >= 0.3 is 0 Å². The van der Waals surface area contributed by atoms with Crippen LogP contribution in [0.25, 0.3) is 0 Å². The number of hydrogen-bond acceptors (Lipinski definition) is 4. The molecule has 0 aliphatic carbocycles. The summed E-state index contributed by atoms with van der Waals surface area (Å²) < 4.78 is 0. The molecule has 0 radical (unpaired) electrons. The van der Waals surface area contributed by atoms with Crippen LogP contribution in [0.4, 0.5) is 0 Å². The van der Waals surface area contributed by atoms with E-state index in [2.05, 4.69) is 0 Å². The van der Waals surface area contributed by atoms with E-state index in [1.54, 1.807) is 0 Å². The minimum absolute atomic E-state index is 0. The Kier molecular flexibility index (Phi) is 3.54. The highest BCUT2D eigenvalue weighted by Gasteiger charge is 2.45. The molecule has 0 saturated carbocycles. The van der Waals surface area contributed by atoms with E-state index in [0.29, 0.717) is 6.54 Å². The van der Waals surface area contributed by atoms with Gasteiger partial charge in [0.05, 0.1) is 24.4 Å². The van der Waals surface area contributed by atoms with E-state index < -0.39 is 18.3 Å². The first kappa shape index (κ1) is 11.2. The summed E-state index contributed by atoms with van der Waals surface area (Å²) in [6, 6.07) is -0.228. The van der Waals surface area contributed by atoms with Gasteiger partial charge in [-0.2, -0.15) is 0 Å².